The molecular formula is C13H15N3O2S. The van der Waals surface area contributed by atoms with Gasteiger partial charge in [0.25, 0.3) is 0 Å². The molecule has 2 aromatic heterocycles. The summed E-state index contributed by atoms with van der Waals surface area (Å²) in [7, 11) is 0. The third-order valence-corrected chi connectivity index (χ3v) is 4.21. The van der Waals surface area contributed by atoms with Crippen LogP contribution in [0.1, 0.15) is 42.4 Å². The van der Waals surface area contributed by atoms with E-state index in [-0.39, 0.29) is 11.9 Å². The zero-order valence-corrected chi connectivity index (χ0v) is 11.5. The first-order valence-corrected chi connectivity index (χ1v) is 7.26. The van der Waals surface area contributed by atoms with Crippen LogP contribution in [-0.4, -0.2) is 27.5 Å². The summed E-state index contributed by atoms with van der Waals surface area (Å²) in [5.41, 5.74) is 0. The third kappa shape index (κ3) is 2.53. The van der Waals surface area contributed by atoms with Gasteiger partial charge in [0.1, 0.15) is 6.04 Å². The highest BCUT2D eigenvalue weighted by Gasteiger charge is 2.29. The number of carbonyl (C=O) groups is 1. The Morgan fingerprint density at radius 2 is 2.47 bits per heavy atom. The van der Waals surface area contributed by atoms with Gasteiger partial charge in [-0.05, 0) is 24.8 Å². The highest BCUT2D eigenvalue weighted by Crippen LogP contribution is 2.24. The first kappa shape index (κ1) is 12.3. The van der Waals surface area contributed by atoms with Gasteiger partial charge in [0.05, 0.1) is 0 Å². The molecule has 6 heteroatoms. The Morgan fingerprint density at radius 1 is 1.58 bits per heavy atom. The van der Waals surface area contributed by atoms with Gasteiger partial charge < -0.3 is 9.42 Å². The van der Waals surface area contributed by atoms with E-state index in [1.165, 1.54) is 4.88 Å². The lowest BCUT2D eigenvalue weighted by molar-refractivity contribution is -0.129. The first-order chi connectivity index (χ1) is 9.24. The lowest BCUT2D eigenvalue weighted by Gasteiger charge is -2.20. The number of rotatable bonds is 4. The van der Waals surface area contributed by atoms with Gasteiger partial charge in [0.2, 0.25) is 11.8 Å². The molecule has 1 fully saturated rings. The highest BCUT2D eigenvalue weighted by atomic mass is 32.1. The van der Waals surface area contributed by atoms with Crippen molar-refractivity contribution in [1.82, 2.24) is 15.0 Å². The lowest BCUT2D eigenvalue weighted by atomic mass is 10.3. The average Bonchev–Trinajstić information content (AvgIpc) is 3.10. The molecule has 1 saturated heterocycles. The Labute approximate surface area is 115 Å². The Hall–Kier alpha value is -1.69. The molecule has 0 aromatic carbocycles. The second-order valence-corrected chi connectivity index (χ2v) is 5.70. The molecule has 100 valence electrons. The molecule has 19 heavy (non-hydrogen) atoms. The van der Waals surface area contributed by atoms with Crippen molar-refractivity contribution in [2.75, 3.05) is 6.54 Å². The number of carbonyl (C=O) groups excluding carboxylic acids is 1. The molecule has 0 aliphatic carbocycles. The molecule has 1 unspecified atom stereocenters. The molecule has 0 saturated carbocycles. The Kier molecular flexibility index (Phi) is 3.33. The molecule has 0 spiro atoms. The van der Waals surface area contributed by atoms with Crippen LogP contribution < -0.4 is 0 Å². The average molecular weight is 277 g/mol. The maximum absolute atomic E-state index is 11.7. The molecule has 1 aliphatic heterocycles. The van der Waals surface area contributed by atoms with E-state index in [4.69, 9.17) is 4.52 Å². The summed E-state index contributed by atoms with van der Waals surface area (Å²) in [5.74, 6) is 1.38. The Morgan fingerprint density at radius 3 is 3.16 bits per heavy atom. The van der Waals surface area contributed by atoms with E-state index < -0.39 is 0 Å². The summed E-state index contributed by atoms with van der Waals surface area (Å²) in [6.07, 6.45) is 2.22. The van der Waals surface area contributed by atoms with Gasteiger partial charge in [-0.2, -0.15) is 4.98 Å². The fraction of sp³-hybridized carbons (Fsp3) is 0.462. The van der Waals surface area contributed by atoms with Crippen LogP contribution in [0.2, 0.25) is 0 Å². The number of hydrogen-bond acceptors (Lipinski definition) is 5. The van der Waals surface area contributed by atoms with Gasteiger partial charge in [0, 0.05) is 24.3 Å². The third-order valence-electron chi connectivity index (χ3n) is 3.33. The van der Waals surface area contributed by atoms with E-state index in [0.717, 1.165) is 13.0 Å². The maximum atomic E-state index is 11.7. The first-order valence-electron chi connectivity index (χ1n) is 6.38. The minimum atomic E-state index is -0.125. The topological polar surface area (TPSA) is 59.2 Å². The maximum Gasteiger partial charge on any atom is 0.249 e. The van der Waals surface area contributed by atoms with Gasteiger partial charge in [0.15, 0.2) is 5.82 Å². The number of aromatic nitrogens is 2. The van der Waals surface area contributed by atoms with Crippen molar-refractivity contribution >= 4 is 17.2 Å². The molecule has 1 aliphatic rings. The van der Waals surface area contributed by atoms with Crippen molar-refractivity contribution in [3.05, 3.63) is 34.1 Å². The highest BCUT2D eigenvalue weighted by molar-refractivity contribution is 7.09. The molecule has 2 aromatic rings. The van der Waals surface area contributed by atoms with Crippen molar-refractivity contribution in [3.63, 3.8) is 0 Å². The van der Waals surface area contributed by atoms with Crippen molar-refractivity contribution in [2.24, 2.45) is 0 Å². The number of thiophene rings is 1. The zero-order chi connectivity index (χ0) is 13.2. The van der Waals surface area contributed by atoms with E-state index >= 15 is 0 Å². The molecule has 1 amide bonds. The second-order valence-electron chi connectivity index (χ2n) is 4.67. The molecule has 3 rings (SSSR count). The van der Waals surface area contributed by atoms with Crippen LogP contribution in [0.4, 0.5) is 0 Å². The van der Waals surface area contributed by atoms with Crippen LogP contribution in [0.3, 0.4) is 0 Å². The van der Waals surface area contributed by atoms with E-state index in [1.54, 1.807) is 11.3 Å². The molecular weight excluding hydrogens is 262 g/mol. The SMILES string of the molecule is CC(c1nc(Cc2cccs2)no1)N1CCCC1=O. The summed E-state index contributed by atoms with van der Waals surface area (Å²) in [6, 6.07) is 3.93. The number of amides is 1. The standard InChI is InChI=1S/C13H15N3O2S/c1-9(16-6-2-5-12(16)17)13-14-11(15-18-13)8-10-4-3-7-19-10/h3-4,7,9H,2,5-6,8H2,1H3. The van der Waals surface area contributed by atoms with E-state index in [2.05, 4.69) is 10.1 Å². The van der Waals surface area contributed by atoms with Gasteiger partial charge >= 0.3 is 0 Å². The molecule has 0 N–H and O–H groups in total. The fourth-order valence-corrected chi connectivity index (χ4v) is 2.99. The summed E-state index contributed by atoms with van der Waals surface area (Å²) < 4.78 is 5.29. The molecule has 5 nitrogen and oxygen atoms in total. The van der Waals surface area contributed by atoms with Crippen molar-refractivity contribution in [2.45, 2.75) is 32.2 Å². The van der Waals surface area contributed by atoms with Gasteiger partial charge in [-0.15, -0.1) is 11.3 Å². The minimum Gasteiger partial charge on any atom is -0.337 e. The van der Waals surface area contributed by atoms with Crippen molar-refractivity contribution in [3.8, 4) is 0 Å². The van der Waals surface area contributed by atoms with Gasteiger partial charge in [-0.25, -0.2) is 0 Å². The summed E-state index contributed by atoms with van der Waals surface area (Å²) in [5, 5.41) is 6.02. The lowest BCUT2D eigenvalue weighted by Crippen LogP contribution is -2.28. The normalized spacial score (nSPS) is 17.1. The number of hydrogen-bond donors (Lipinski definition) is 0. The monoisotopic (exact) mass is 277 g/mol. The van der Waals surface area contributed by atoms with Gasteiger partial charge in [-0.1, -0.05) is 11.2 Å². The fourth-order valence-electron chi connectivity index (χ4n) is 2.29. The smallest absolute Gasteiger partial charge is 0.249 e. The van der Waals surface area contributed by atoms with Crippen molar-refractivity contribution in [1.29, 1.82) is 0 Å². The quantitative estimate of drug-likeness (QED) is 0.861. The molecule has 0 radical (unpaired) electrons. The van der Waals surface area contributed by atoms with E-state index in [9.17, 15) is 4.79 Å². The predicted molar refractivity (Wildman–Crippen MR) is 70.8 cm³/mol. The van der Waals surface area contributed by atoms with Crippen LogP contribution in [0.15, 0.2) is 22.0 Å². The molecule has 3 heterocycles. The van der Waals surface area contributed by atoms with Crippen LogP contribution in [-0.2, 0) is 11.2 Å². The molecule has 1 atom stereocenters. The second kappa shape index (κ2) is 5.13. The number of likely N-dealkylation sites (tertiary alicyclic amines) is 1. The van der Waals surface area contributed by atoms with Gasteiger partial charge in [-0.3, -0.25) is 4.79 Å². The Bertz CT molecular complexity index is 564. The number of nitrogens with zero attached hydrogens (tertiary/aromatic N) is 3. The summed E-state index contributed by atoms with van der Waals surface area (Å²) in [6.45, 7) is 2.72. The van der Waals surface area contributed by atoms with Crippen molar-refractivity contribution < 1.29 is 9.32 Å². The predicted octanol–water partition coefficient (Wildman–Crippen LogP) is 2.41. The molecule has 0 bridgehead atoms. The van der Waals surface area contributed by atoms with Crippen LogP contribution in [0, 0.1) is 0 Å². The minimum absolute atomic E-state index is 0.125. The van der Waals surface area contributed by atoms with E-state index in [1.807, 2.05) is 29.3 Å². The van der Waals surface area contributed by atoms with Crippen LogP contribution in [0.5, 0.6) is 0 Å². The zero-order valence-electron chi connectivity index (χ0n) is 10.7. The summed E-state index contributed by atoms with van der Waals surface area (Å²) >= 11 is 1.67. The van der Waals surface area contributed by atoms with Crippen LogP contribution >= 0.6 is 11.3 Å². The largest absolute Gasteiger partial charge is 0.337 e. The van der Waals surface area contributed by atoms with E-state index in [0.29, 0.717) is 24.6 Å². The summed E-state index contributed by atoms with van der Waals surface area (Å²) in [4.78, 5) is 19.1. The van der Waals surface area contributed by atoms with Crippen LogP contribution in [0.25, 0.3) is 0 Å². The Balaban J connectivity index is 1.72.